The zero-order valence-corrected chi connectivity index (χ0v) is 10.8. The van der Waals surface area contributed by atoms with Crippen molar-refractivity contribution in [3.05, 3.63) is 18.6 Å². The molecule has 2 heterocycles. The molecule has 0 aliphatic carbocycles. The van der Waals surface area contributed by atoms with Crippen LogP contribution in [0.25, 0.3) is 0 Å². The zero-order valence-electron chi connectivity index (χ0n) is 9.94. The van der Waals surface area contributed by atoms with Crippen LogP contribution in [0.5, 0.6) is 0 Å². The van der Waals surface area contributed by atoms with Crippen LogP contribution in [0, 0.1) is 11.8 Å². The first kappa shape index (κ1) is 13.1. The summed E-state index contributed by atoms with van der Waals surface area (Å²) in [6.07, 6.45) is 2.95. The summed E-state index contributed by atoms with van der Waals surface area (Å²) in [6.45, 7) is 2.22. The third-order valence-electron chi connectivity index (χ3n) is 3.11. The van der Waals surface area contributed by atoms with E-state index in [1.807, 2.05) is 6.92 Å². The fourth-order valence-electron chi connectivity index (χ4n) is 2.23. The highest BCUT2D eigenvalue weighted by Gasteiger charge is 2.36. The summed E-state index contributed by atoms with van der Waals surface area (Å²) in [5, 5.41) is 9.03. The van der Waals surface area contributed by atoms with Crippen molar-refractivity contribution in [1.29, 1.82) is 0 Å². The Morgan fingerprint density at radius 1 is 1.50 bits per heavy atom. The van der Waals surface area contributed by atoms with Gasteiger partial charge in [0.25, 0.3) is 0 Å². The van der Waals surface area contributed by atoms with Gasteiger partial charge in [-0.15, -0.1) is 0 Å². The number of aliphatic carboxylic acids is 1. The van der Waals surface area contributed by atoms with Crippen molar-refractivity contribution < 1.29 is 22.7 Å². The van der Waals surface area contributed by atoms with E-state index < -0.39 is 21.9 Å². The van der Waals surface area contributed by atoms with Gasteiger partial charge in [0.1, 0.15) is 11.2 Å². The number of carboxylic acid groups (broad SMARTS) is 1. The van der Waals surface area contributed by atoms with E-state index in [1.54, 1.807) is 0 Å². The Hall–Kier alpha value is -1.34. The molecule has 1 fully saturated rings. The van der Waals surface area contributed by atoms with Crippen LogP contribution in [0.4, 0.5) is 0 Å². The quantitative estimate of drug-likeness (QED) is 0.888. The number of sulfonamides is 1. The summed E-state index contributed by atoms with van der Waals surface area (Å²) in [5.41, 5.74) is 0. The van der Waals surface area contributed by atoms with Crippen LogP contribution in [0.1, 0.15) is 13.3 Å². The van der Waals surface area contributed by atoms with Crippen LogP contribution < -0.4 is 0 Å². The maximum absolute atomic E-state index is 12.2. The highest BCUT2D eigenvalue weighted by Crippen LogP contribution is 2.27. The van der Waals surface area contributed by atoms with E-state index in [0.29, 0.717) is 13.0 Å². The van der Waals surface area contributed by atoms with Crippen molar-refractivity contribution in [2.45, 2.75) is 18.2 Å². The lowest BCUT2D eigenvalue weighted by Crippen LogP contribution is -2.45. The molecule has 0 spiro atoms. The Kier molecular flexibility index (Phi) is 3.45. The summed E-state index contributed by atoms with van der Waals surface area (Å²) in [7, 11) is -3.64. The fraction of sp³-hybridized carbons (Fsp3) is 0.545. The van der Waals surface area contributed by atoms with Crippen molar-refractivity contribution in [2.24, 2.45) is 11.8 Å². The maximum atomic E-state index is 12.2. The van der Waals surface area contributed by atoms with Crippen LogP contribution in [0.15, 0.2) is 27.9 Å². The normalized spacial score (nSPS) is 26.1. The molecule has 7 heteroatoms. The van der Waals surface area contributed by atoms with Gasteiger partial charge in [-0.2, -0.15) is 4.31 Å². The number of carbonyl (C=O) groups is 1. The monoisotopic (exact) mass is 273 g/mol. The zero-order chi connectivity index (χ0) is 13.3. The molecule has 1 saturated heterocycles. The number of piperidine rings is 1. The second-order valence-electron chi connectivity index (χ2n) is 4.66. The van der Waals surface area contributed by atoms with Gasteiger partial charge in [0.2, 0.25) is 10.0 Å². The van der Waals surface area contributed by atoms with Gasteiger partial charge >= 0.3 is 5.97 Å². The van der Waals surface area contributed by atoms with Gasteiger partial charge in [-0.3, -0.25) is 4.79 Å². The van der Waals surface area contributed by atoms with Crippen molar-refractivity contribution in [3.63, 3.8) is 0 Å². The SMILES string of the molecule is CC1CC(C(=O)O)CN(S(=O)(=O)c2ccoc2)C1. The largest absolute Gasteiger partial charge is 0.481 e. The second kappa shape index (κ2) is 4.74. The van der Waals surface area contributed by atoms with Crippen LogP contribution in [-0.4, -0.2) is 36.9 Å². The number of carboxylic acids is 1. The van der Waals surface area contributed by atoms with Gasteiger partial charge < -0.3 is 9.52 Å². The summed E-state index contributed by atoms with van der Waals surface area (Å²) < 4.78 is 30.5. The molecule has 6 nitrogen and oxygen atoms in total. The third-order valence-corrected chi connectivity index (χ3v) is 4.91. The first-order valence-electron chi connectivity index (χ1n) is 5.66. The van der Waals surface area contributed by atoms with E-state index >= 15 is 0 Å². The average molecular weight is 273 g/mol. The van der Waals surface area contributed by atoms with E-state index in [-0.39, 0.29) is 17.4 Å². The van der Waals surface area contributed by atoms with Gasteiger partial charge in [-0.25, -0.2) is 8.42 Å². The Bertz CT molecular complexity index is 522. The first-order chi connectivity index (χ1) is 8.41. The summed E-state index contributed by atoms with van der Waals surface area (Å²) in [5.74, 6) is -1.56. The molecule has 18 heavy (non-hydrogen) atoms. The third kappa shape index (κ3) is 2.41. The highest BCUT2D eigenvalue weighted by molar-refractivity contribution is 7.89. The van der Waals surface area contributed by atoms with Crippen molar-refractivity contribution >= 4 is 16.0 Å². The molecule has 0 bridgehead atoms. The predicted molar refractivity (Wildman–Crippen MR) is 62.4 cm³/mol. The molecule has 2 atom stereocenters. The Morgan fingerprint density at radius 3 is 2.78 bits per heavy atom. The van der Waals surface area contributed by atoms with E-state index in [4.69, 9.17) is 9.52 Å². The van der Waals surface area contributed by atoms with Gasteiger partial charge in [-0.05, 0) is 18.4 Å². The van der Waals surface area contributed by atoms with Crippen molar-refractivity contribution in [2.75, 3.05) is 13.1 Å². The minimum Gasteiger partial charge on any atom is -0.481 e. The molecule has 100 valence electrons. The highest BCUT2D eigenvalue weighted by atomic mass is 32.2. The second-order valence-corrected chi connectivity index (χ2v) is 6.60. The summed E-state index contributed by atoms with van der Waals surface area (Å²) in [4.78, 5) is 11.1. The number of hydrogen-bond acceptors (Lipinski definition) is 4. The average Bonchev–Trinajstić information content (AvgIpc) is 2.82. The molecule has 0 saturated carbocycles. The molecule has 2 unspecified atom stereocenters. The molecule has 0 radical (unpaired) electrons. The number of furan rings is 1. The summed E-state index contributed by atoms with van der Waals surface area (Å²) >= 11 is 0. The molecule has 1 N–H and O–H groups in total. The van der Waals surface area contributed by atoms with Crippen LogP contribution >= 0.6 is 0 Å². The topological polar surface area (TPSA) is 87.8 Å². The van der Waals surface area contributed by atoms with Gasteiger partial charge in [-0.1, -0.05) is 6.92 Å². The Morgan fingerprint density at radius 2 is 2.22 bits per heavy atom. The molecule has 1 aliphatic heterocycles. The minimum absolute atomic E-state index is 0.0210. The standard InChI is InChI=1S/C11H15NO5S/c1-8-4-9(11(13)14)6-12(5-8)18(15,16)10-2-3-17-7-10/h2-3,7-9H,4-6H2,1H3,(H,13,14). The molecule has 1 aromatic heterocycles. The predicted octanol–water partition coefficient (Wildman–Crippen LogP) is 1.01. The maximum Gasteiger partial charge on any atom is 0.307 e. The molecule has 1 aliphatic rings. The summed E-state index contributed by atoms with van der Waals surface area (Å²) in [6, 6.07) is 1.37. The van der Waals surface area contributed by atoms with Crippen LogP contribution in [0.2, 0.25) is 0 Å². The molecule has 2 rings (SSSR count). The van der Waals surface area contributed by atoms with Gasteiger partial charge in [0.05, 0.1) is 12.2 Å². The van der Waals surface area contributed by atoms with E-state index in [2.05, 4.69) is 0 Å². The fourth-order valence-corrected chi connectivity index (χ4v) is 3.76. The lowest BCUT2D eigenvalue weighted by molar-refractivity contribution is -0.143. The molecular formula is C11H15NO5S. The van der Waals surface area contributed by atoms with Crippen molar-refractivity contribution in [3.8, 4) is 0 Å². The number of hydrogen-bond donors (Lipinski definition) is 1. The lowest BCUT2D eigenvalue weighted by atomic mass is 9.92. The molecule has 1 aromatic rings. The number of nitrogens with zero attached hydrogens (tertiary/aromatic N) is 1. The van der Waals surface area contributed by atoms with Gasteiger partial charge in [0, 0.05) is 13.1 Å². The van der Waals surface area contributed by atoms with Crippen LogP contribution in [-0.2, 0) is 14.8 Å². The van der Waals surface area contributed by atoms with E-state index in [1.165, 1.54) is 16.6 Å². The first-order valence-corrected chi connectivity index (χ1v) is 7.10. The van der Waals surface area contributed by atoms with E-state index in [9.17, 15) is 13.2 Å². The van der Waals surface area contributed by atoms with Crippen LogP contribution in [0.3, 0.4) is 0 Å². The number of rotatable bonds is 3. The Labute approximate surface area is 105 Å². The molecular weight excluding hydrogens is 258 g/mol. The van der Waals surface area contributed by atoms with Crippen molar-refractivity contribution in [1.82, 2.24) is 4.31 Å². The lowest BCUT2D eigenvalue weighted by Gasteiger charge is -2.33. The molecule has 0 aromatic carbocycles. The minimum atomic E-state index is -3.64. The van der Waals surface area contributed by atoms with E-state index in [0.717, 1.165) is 6.26 Å². The smallest absolute Gasteiger partial charge is 0.307 e. The van der Waals surface area contributed by atoms with Gasteiger partial charge in [0.15, 0.2) is 0 Å². The molecule has 0 amide bonds. The Balaban J connectivity index is 2.25.